The van der Waals surface area contributed by atoms with Crippen molar-refractivity contribution in [3.05, 3.63) is 60.5 Å². The van der Waals surface area contributed by atoms with Crippen LogP contribution in [0, 0.1) is 5.82 Å². The van der Waals surface area contributed by atoms with Gasteiger partial charge in [0.2, 0.25) is 0 Å². The zero-order valence-corrected chi connectivity index (χ0v) is 16.6. The molecule has 0 bridgehead atoms. The lowest BCUT2D eigenvalue weighted by Gasteiger charge is -2.14. The fraction of sp³-hybridized carbons (Fsp3) is 0.417. The van der Waals surface area contributed by atoms with Gasteiger partial charge in [0.15, 0.2) is 0 Å². The van der Waals surface area contributed by atoms with Gasteiger partial charge in [0.25, 0.3) is 0 Å². The lowest BCUT2D eigenvalue weighted by atomic mass is 10.2. The van der Waals surface area contributed by atoms with Gasteiger partial charge in [-0.1, -0.05) is 12.8 Å². The summed E-state index contributed by atoms with van der Waals surface area (Å²) in [5, 5.41) is 1.13. The van der Waals surface area contributed by atoms with Crippen LogP contribution in [0.3, 0.4) is 0 Å². The van der Waals surface area contributed by atoms with Crippen LogP contribution < -0.4 is 4.74 Å². The van der Waals surface area contributed by atoms with Crippen LogP contribution >= 0.6 is 0 Å². The first-order valence-corrected chi connectivity index (χ1v) is 10.4. The zero-order valence-electron chi connectivity index (χ0n) is 16.6. The van der Waals surface area contributed by atoms with E-state index in [2.05, 4.69) is 34.7 Å². The van der Waals surface area contributed by atoms with Gasteiger partial charge in [-0.25, -0.2) is 4.39 Å². The average molecular weight is 381 g/mol. The molecule has 0 atom stereocenters. The molecule has 0 N–H and O–H groups in total. The van der Waals surface area contributed by atoms with Crippen molar-refractivity contribution < 1.29 is 9.13 Å². The molecular weight excluding hydrogens is 351 g/mol. The van der Waals surface area contributed by atoms with Gasteiger partial charge >= 0.3 is 0 Å². The lowest BCUT2D eigenvalue weighted by molar-refractivity contribution is 0.293. The van der Waals surface area contributed by atoms with Gasteiger partial charge in [-0.05, 0) is 87.8 Å². The number of hydrogen-bond donors (Lipinski definition) is 0. The first-order valence-electron chi connectivity index (χ1n) is 10.4. The Bertz CT molecular complexity index is 899. The molecule has 1 aliphatic rings. The van der Waals surface area contributed by atoms with Crippen LogP contribution in [0.2, 0.25) is 0 Å². The van der Waals surface area contributed by atoms with E-state index in [9.17, 15) is 4.39 Å². The summed E-state index contributed by atoms with van der Waals surface area (Å²) in [5.41, 5.74) is 2.05. The quantitative estimate of drug-likeness (QED) is 0.413. The highest BCUT2D eigenvalue weighted by Gasteiger charge is 2.25. The van der Waals surface area contributed by atoms with E-state index in [-0.39, 0.29) is 5.82 Å². The number of unbranched alkanes of at least 4 members (excludes halogenated alkanes) is 3. The van der Waals surface area contributed by atoms with Crippen molar-refractivity contribution in [3.8, 4) is 11.4 Å². The Kier molecular flexibility index (Phi) is 5.96. The maximum atomic E-state index is 13.2. The lowest BCUT2D eigenvalue weighted by Crippen LogP contribution is -2.21. The molecule has 1 fully saturated rings. The van der Waals surface area contributed by atoms with E-state index in [1.807, 2.05) is 12.3 Å². The molecule has 1 saturated carbocycles. The van der Waals surface area contributed by atoms with Crippen molar-refractivity contribution in [2.45, 2.75) is 44.6 Å². The Labute approximate surface area is 166 Å². The molecule has 4 heteroatoms. The van der Waals surface area contributed by atoms with Gasteiger partial charge < -0.3 is 14.2 Å². The molecule has 0 unspecified atom stereocenters. The number of halogens is 1. The summed E-state index contributed by atoms with van der Waals surface area (Å²) in [6.45, 7) is 2.00. The minimum Gasteiger partial charge on any atom is -0.494 e. The summed E-state index contributed by atoms with van der Waals surface area (Å²) in [6, 6.07) is 15.7. The highest BCUT2D eigenvalue weighted by molar-refractivity contribution is 5.83. The Morgan fingerprint density at radius 3 is 2.57 bits per heavy atom. The average Bonchev–Trinajstić information content (AvgIpc) is 3.48. The number of nitrogens with zero attached hydrogens (tertiary/aromatic N) is 2. The number of hydrogen-bond acceptors (Lipinski definition) is 2. The number of fused-ring (bicyclic) bond motifs is 1. The van der Waals surface area contributed by atoms with Crippen molar-refractivity contribution in [2.24, 2.45) is 0 Å². The van der Waals surface area contributed by atoms with Crippen molar-refractivity contribution in [1.82, 2.24) is 9.47 Å². The van der Waals surface area contributed by atoms with Gasteiger partial charge in [0.05, 0.1) is 12.1 Å². The predicted octanol–water partition coefficient (Wildman–Crippen LogP) is 5.80. The molecule has 3 aromatic rings. The fourth-order valence-electron chi connectivity index (χ4n) is 3.74. The molecule has 4 rings (SSSR count). The summed E-state index contributed by atoms with van der Waals surface area (Å²) in [5.74, 6) is 0.698. The SMILES string of the molecule is CN(CCCCCCOc1ccc2c(ccn2-c2ccc(F)cc2)c1)C1CC1. The minimum absolute atomic E-state index is 0.217. The van der Waals surface area contributed by atoms with E-state index in [4.69, 9.17) is 4.74 Å². The summed E-state index contributed by atoms with van der Waals surface area (Å²) in [7, 11) is 2.25. The van der Waals surface area contributed by atoms with Gasteiger partial charge in [-0.3, -0.25) is 0 Å². The molecule has 0 saturated heterocycles. The van der Waals surface area contributed by atoms with E-state index in [1.165, 1.54) is 50.8 Å². The Balaban J connectivity index is 1.24. The highest BCUT2D eigenvalue weighted by atomic mass is 19.1. The molecule has 1 aromatic heterocycles. The summed E-state index contributed by atoms with van der Waals surface area (Å²) in [4.78, 5) is 2.50. The van der Waals surface area contributed by atoms with Crippen LogP contribution in [-0.4, -0.2) is 35.7 Å². The maximum absolute atomic E-state index is 13.2. The molecule has 1 aliphatic carbocycles. The predicted molar refractivity (Wildman–Crippen MR) is 113 cm³/mol. The highest BCUT2D eigenvalue weighted by Crippen LogP contribution is 2.26. The first kappa shape index (κ1) is 19.0. The van der Waals surface area contributed by atoms with E-state index in [0.717, 1.165) is 41.4 Å². The molecule has 148 valence electrons. The Morgan fingerprint density at radius 1 is 1.00 bits per heavy atom. The molecule has 0 amide bonds. The maximum Gasteiger partial charge on any atom is 0.123 e. The molecule has 28 heavy (non-hydrogen) atoms. The normalized spacial score (nSPS) is 14.1. The fourth-order valence-corrected chi connectivity index (χ4v) is 3.74. The van der Waals surface area contributed by atoms with Crippen LogP contribution in [0.15, 0.2) is 54.7 Å². The Morgan fingerprint density at radius 2 is 1.79 bits per heavy atom. The second-order valence-corrected chi connectivity index (χ2v) is 7.86. The van der Waals surface area contributed by atoms with Crippen molar-refractivity contribution in [2.75, 3.05) is 20.2 Å². The van der Waals surface area contributed by atoms with Crippen molar-refractivity contribution in [3.63, 3.8) is 0 Å². The molecule has 3 nitrogen and oxygen atoms in total. The number of rotatable bonds is 10. The zero-order chi connectivity index (χ0) is 19.3. The molecule has 1 heterocycles. The summed E-state index contributed by atoms with van der Waals surface area (Å²) >= 11 is 0. The van der Waals surface area contributed by atoms with E-state index in [1.54, 1.807) is 12.1 Å². The largest absolute Gasteiger partial charge is 0.494 e. The van der Waals surface area contributed by atoms with Crippen LogP contribution in [0.1, 0.15) is 38.5 Å². The molecule has 0 spiro atoms. The monoisotopic (exact) mass is 380 g/mol. The van der Waals surface area contributed by atoms with Crippen LogP contribution in [0.25, 0.3) is 16.6 Å². The van der Waals surface area contributed by atoms with Crippen LogP contribution in [-0.2, 0) is 0 Å². The minimum atomic E-state index is -0.217. The van der Waals surface area contributed by atoms with Crippen molar-refractivity contribution in [1.29, 1.82) is 0 Å². The smallest absolute Gasteiger partial charge is 0.123 e. The summed E-state index contributed by atoms with van der Waals surface area (Å²) in [6.07, 6.45) is 9.68. The second kappa shape index (κ2) is 8.78. The van der Waals surface area contributed by atoms with Crippen LogP contribution in [0.5, 0.6) is 5.75 Å². The van der Waals surface area contributed by atoms with E-state index >= 15 is 0 Å². The third-order valence-electron chi connectivity index (χ3n) is 5.61. The second-order valence-electron chi connectivity index (χ2n) is 7.86. The third-order valence-corrected chi connectivity index (χ3v) is 5.61. The van der Waals surface area contributed by atoms with Crippen LogP contribution in [0.4, 0.5) is 4.39 Å². The number of benzene rings is 2. The third kappa shape index (κ3) is 4.74. The van der Waals surface area contributed by atoms with Gasteiger partial charge in [0, 0.05) is 23.3 Å². The van der Waals surface area contributed by atoms with E-state index in [0.29, 0.717) is 0 Å². The standard InChI is InChI=1S/C24H29FN2O/c1-26(21-10-11-21)15-4-2-3-5-17-28-23-12-13-24-19(18-23)14-16-27(24)22-8-6-20(25)7-9-22/h6-9,12-14,16,18,21H,2-5,10-11,15,17H2,1H3. The van der Waals surface area contributed by atoms with E-state index < -0.39 is 0 Å². The topological polar surface area (TPSA) is 17.4 Å². The van der Waals surface area contributed by atoms with Crippen molar-refractivity contribution >= 4 is 10.9 Å². The summed E-state index contributed by atoms with van der Waals surface area (Å²) < 4.78 is 21.2. The van der Waals surface area contributed by atoms with Gasteiger partial charge in [0.1, 0.15) is 11.6 Å². The molecule has 0 radical (unpaired) electrons. The Hall–Kier alpha value is -2.33. The van der Waals surface area contributed by atoms with Gasteiger partial charge in [-0.2, -0.15) is 0 Å². The number of ether oxygens (including phenoxy) is 1. The molecular formula is C24H29FN2O. The first-order chi connectivity index (χ1) is 13.7. The van der Waals surface area contributed by atoms with Gasteiger partial charge in [-0.15, -0.1) is 0 Å². The number of aromatic nitrogens is 1. The molecule has 2 aromatic carbocycles. The molecule has 0 aliphatic heterocycles.